The van der Waals surface area contributed by atoms with E-state index in [1.54, 1.807) is 12.4 Å². The van der Waals surface area contributed by atoms with Gasteiger partial charge in [-0.15, -0.1) is 11.3 Å². The highest BCUT2D eigenvalue weighted by Crippen LogP contribution is 2.29. The molecule has 2 heterocycles. The van der Waals surface area contributed by atoms with Gasteiger partial charge in [0.25, 0.3) is 0 Å². The molecule has 1 aromatic rings. The summed E-state index contributed by atoms with van der Waals surface area (Å²) in [5.74, 6) is 0.122. The van der Waals surface area contributed by atoms with Gasteiger partial charge in [0.05, 0.1) is 23.8 Å². The zero-order valence-electron chi connectivity index (χ0n) is 12.8. The molecule has 2 fully saturated rings. The maximum absolute atomic E-state index is 12.4. The zero-order chi connectivity index (χ0) is 15.5. The summed E-state index contributed by atoms with van der Waals surface area (Å²) in [5.41, 5.74) is 2.65. The number of thiazole rings is 1. The van der Waals surface area contributed by atoms with Crippen molar-refractivity contribution in [2.24, 2.45) is 0 Å². The molecular weight excluding hydrogens is 300 g/mol. The molecule has 22 heavy (non-hydrogen) atoms. The zero-order valence-corrected chi connectivity index (χ0v) is 13.6. The standard InChI is InChI=1S/C15H22N4O2S/c1-11(20)19(13-4-5-13)8-14-3-2-6-18(14)15(21)16-7-12-9-22-10-17-12/h9-10,13-14H,2-8H2,1H3,(H,16,21)/t14-/m0/s1. The number of hydrogen-bond acceptors (Lipinski definition) is 4. The summed E-state index contributed by atoms with van der Waals surface area (Å²) in [6.07, 6.45) is 4.18. The van der Waals surface area contributed by atoms with Crippen LogP contribution in [-0.4, -0.2) is 51.9 Å². The van der Waals surface area contributed by atoms with Crippen molar-refractivity contribution in [1.82, 2.24) is 20.1 Å². The number of carbonyl (C=O) groups is 2. The van der Waals surface area contributed by atoms with Crippen molar-refractivity contribution in [2.45, 2.75) is 51.2 Å². The predicted octanol–water partition coefficient (Wildman–Crippen LogP) is 1.83. The molecular formula is C15H22N4O2S. The lowest BCUT2D eigenvalue weighted by Gasteiger charge is -2.30. The van der Waals surface area contributed by atoms with Crippen LogP contribution in [0.3, 0.4) is 0 Å². The van der Waals surface area contributed by atoms with E-state index in [4.69, 9.17) is 0 Å². The van der Waals surface area contributed by atoms with Gasteiger partial charge in [0, 0.05) is 31.4 Å². The van der Waals surface area contributed by atoms with Crippen LogP contribution in [0.15, 0.2) is 10.9 Å². The van der Waals surface area contributed by atoms with Crippen LogP contribution < -0.4 is 5.32 Å². The Morgan fingerprint density at radius 3 is 2.91 bits per heavy atom. The average molecular weight is 322 g/mol. The molecule has 1 aliphatic carbocycles. The van der Waals surface area contributed by atoms with E-state index in [0.29, 0.717) is 19.1 Å². The maximum atomic E-state index is 12.4. The minimum absolute atomic E-state index is 0.0465. The third kappa shape index (κ3) is 3.58. The largest absolute Gasteiger partial charge is 0.338 e. The molecule has 0 unspecified atom stereocenters. The molecule has 0 bridgehead atoms. The Labute approximate surface area is 134 Å². The minimum Gasteiger partial charge on any atom is -0.338 e. The molecule has 1 atom stereocenters. The second-order valence-electron chi connectivity index (χ2n) is 6.03. The molecule has 0 spiro atoms. The number of aromatic nitrogens is 1. The number of carbonyl (C=O) groups excluding carboxylic acids is 2. The van der Waals surface area contributed by atoms with Crippen LogP contribution in [-0.2, 0) is 11.3 Å². The van der Waals surface area contributed by atoms with Gasteiger partial charge >= 0.3 is 6.03 Å². The van der Waals surface area contributed by atoms with Crippen molar-refractivity contribution in [1.29, 1.82) is 0 Å². The predicted molar refractivity (Wildman–Crippen MR) is 84.5 cm³/mol. The number of amides is 3. The molecule has 1 saturated carbocycles. The first kappa shape index (κ1) is 15.3. The highest BCUT2D eigenvalue weighted by molar-refractivity contribution is 7.07. The highest BCUT2D eigenvalue weighted by atomic mass is 32.1. The number of nitrogens with zero attached hydrogens (tertiary/aromatic N) is 3. The SMILES string of the molecule is CC(=O)N(C[C@@H]1CCCN1C(=O)NCc1cscn1)C1CC1. The van der Waals surface area contributed by atoms with Gasteiger partial charge in [-0.25, -0.2) is 9.78 Å². The Bertz CT molecular complexity index is 530. The summed E-state index contributed by atoms with van der Waals surface area (Å²) in [7, 11) is 0. The van der Waals surface area contributed by atoms with Crippen LogP contribution in [0, 0.1) is 0 Å². The number of hydrogen-bond donors (Lipinski definition) is 1. The number of urea groups is 1. The lowest BCUT2D eigenvalue weighted by atomic mass is 10.2. The molecule has 0 aromatic carbocycles. The van der Waals surface area contributed by atoms with Crippen molar-refractivity contribution >= 4 is 23.3 Å². The fourth-order valence-corrected chi connectivity index (χ4v) is 3.59. The normalized spacial score (nSPS) is 21.0. The first-order valence-corrected chi connectivity index (χ1v) is 8.78. The molecule has 120 valence electrons. The van der Waals surface area contributed by atoms with E-state index in [1.807, 2.05) is 15.2 Å². The van der Waals surface area contributed by atoms with E-state index in [9.17, 15) is 9.59 Å². The van der Waals surface area contributed by atoms with Gasteiger partial charge in [0.15, 0.2) is 0 Å². The average Bonchev–Trinajstić information content (AvgIpc) is 3.02. The molecule has 3 amide bonds. The quantitative estimate of drug-likeness (QED) is 0.899. The van der Waals surface area contributed by atoms with Crippen molar-refractivity contribution < 1.29 is 9.59 Å². The Balaban J connectivity index is 1.55. The summed E-state index contributed by atoms with van der Waals surface area (Å²) in [4.78, 5) is 32.1. The molecule has 1 N–H and O–H groups in total. The van der Waals surface area contributed by atoms with Crippen LogP contribution in [0.4, 0.5) is 4.79 Å². The van der Waals surface area contributed by atoms with Gasteiger partial charge in [-0.3, -0.25) is 4.79 Å². The van der Waals surface area contributed by atoms with Crippen LogP contribution in [0.25, 0.3) is 0 Å². The second kappa shape index (κ2) is 6.64. The van der Waals surface area contributed by atoms with Crippen LogP contribution in [0.5, 0.6) is 0 Å². The van der Waals surface area contributed by atoms with Gasteiger partial charge in [-0.1, -0.05) is 0 Å². The van der Waals surface area contributed by atoms with Gasteiger partial charge in [-0.05, 0) is 25.7 Å². The van der Waals surface area contributed by atoms with Gasteiger partial charge in [0.2, 0.25) is 5.91 Å². The Kier molecular flexibility index (Phi) is 4.61. The van der Waals surface area contributed by atoms with E-state index in [-0.39, 0.29) is 18.0 Å². The molecule has 1 aliphatic heterocycles. The van der Waals surface area contributed by atoms with E-state index in [1.165, 1.54) is 11.3 Å². The fraction of sp³-hybridized carbons (Fsp3) is 0.667. The smallest absolute Gasteiger partial charge is 0.318 e. The summed E-state index contributed by atoms with van der Waals surface area (Å²) >= 11 is 1.53. The minimum atomic E-state index is -0.0465. The Morgan fingerprint density at radius 1 is 1.45 bits per heavy atom. The van der Waals surface area contributed by atoms with Crippen LogP contribution in [0.2, 0.25) is 0 Å². The molecule has 1 aromatic heterocycles. The van der Waals surface area contributed by atoms with Gasteiger partial charge in [-0.2, -0.15) is 0 Å². The summed E-state index contributed by atoms with van der Waals surface area (Å²) in [6, 6.07) is 0.493. The number of rotatable bonds is 5. The summed E-state index contributed by atoms with van der Waals surface area (Å²) < 4.78 is 0. The summed E-state index contributed by atoms with van der Waals surface area (Å²) in [5, 5.41) is 4.87. The molecule has 0 radical (unpaired) electrons. The van der Waals surface area contributed by atoms with Gasteiger partial charge < -0.3 is 15.1 Å². The first-order valence-electron chi connectivity index (χ1n) is 7.84. The first-order chi connectivity index (χ1) is 10.6. The Hall–Kier alpha value is -1.63. The third-order valence-corrected chi connectivity index (χ3v) is 4.98. The van der Waals surface area contributed by atoms with Crippen molar-refractivity contribution in [3.8, 4) is 0 Å². The fourth-order valence-electron chi connectivity index (χ4n) is 3.03. The van der Waals surface area contributed by atoms with Crippen molar-refractivity contribution in [3.63, 3.8) is 0 Å². The number of likely N-dealkylation sites (tertiary alicyclic amines) is 1. The molecule has 2 aliphatic rings. The van der Waals surface area contributed by atoms with Gasteiger partial charge in [0.1, 0.15) is 0 Å². The summed E-state index contributed by atoms with van der Waals surface area (Å²) in [6.45, 7) is 3.53. The lowest BCUT2D eigenvalue weighted by Crippen LogP contribution is -2.48. The van der Waals surface area contributed by atoms with E-state index in [0.717, 1.165) is 37.9 Å². The van der Waals surface area contributed by atoms with Crippen molar-refractivity contribution in [2.75, 3.05) is 13.1 Å². The van der Waals surface area contributed by atoms with E-state index >= 15 is 0 Å². The second-order valence-corrected chi connectivity index (χ2v) is 6.75. The highest BCUT2D eigenvalue weighted by Gasteiger charge is 2.36. The molecule has 7 heteroatoms. The molecule has 3 rings (SSSR count). The number of nitrogens with one attached hydrogen (secondary N) is 1. The van der Waals surface area contributed by atoms with Crippen molar-refractivity contribution in [3.05, 3.63) is 16.6 Å². The third-order valence-electron chi connectivity index (χ3n) is 4.34. The van der Waals surface area contributed by atoms with E-state index in [2.05, 4.69) is 10.3 Å². The maximum Gasteiger partial charge on any atom is 0.318 e. The lowest BCUT2D eigenvalue weighted by molar-refractivity contribution is -0.130. The van der Waals surface area contributed by atoms with Crippen LogP contribution in [0.1, 0.15) is 38.3 Å². The van der Waals surface area contributed by atoms with E-state index < -0.39 is 0 Å². The topological polar surface area (TPSA) is 65.5 Å². The molecule has 6 nitrogen and oxygen atoms in total. The monoisotopic (exact) mass is 322 g/mol. The molecule has 1 saturated heterocycles. The van der Waals surface area contributed by atoms with Crippen LogP contribution >= 0.6 is 11.3 Å². The Morgan fingerprint density at radius 2 is 2.27 bits per heavy atom.